The quantitative estimate of drug-likeness (QED) is 0.561. The highest BCUT2D eigenvalue weighted by molar-refractivity contribution is 5.68. The lowest BCUT2D eigenvalue weighted by Crippen LogP contribution is -2.55. The fraction of sp³-hybridized carbons (Fsp3) is 0.962. The zero-order chi connectivity index (χ0) is 20.9. The van der Waals surface area contributed by atoms with Crippen LogP contribution in [0.2, 0.25) is 0 Å². The van der Waals surface area contributed by atoms with Crippen molar-refractivity contribution in [3.63, 3.8) is 0 Å². The molecule has 6 unspecified atom stereocenters. The van der Waals surface area contributed by atoms with E-state index in [1.54, 1.807) is 0 Å². The van der Waals surface area contributed by atoms with E-state index in [4.69, 9.17) is 4.74 Å². The van der Waals surface area contributed by atoms with Crippen LogP contribution in [0.15, 0.2) is 0 Å². The molecule has 0 aliphatic heterocycles. The van der Waals surface area contributed by atoms with Crippen molar-refractivity contribution in [3.05, 3.63) is 0 Å². The molecule has 29 heavy (non-hydrogen) atoms. The minimum absolute atomic E-state index is 0.0519. The molecule has 0 heterocycles. The third-order valence-electron chi connectivity index (χ3n) is 10.8. The lowest BCUT2D eigenvalue weighted by atomic mass is 9.43. The van der Waals surface area contributed by atoms with E-state index in [2.05, 4.69) is 20.8 Å². The van der Waals surface area contributed by atoms with Crippen LogP contribution in [0.5, 0.6) is 0 Å². The minimum atomic E-state index is -0.391. The van der Waals surface area contributed by atoms with Crippen molar-refractivity contribution >= 4 is 5.97 Å². The summed E-state index contributed by atoms with van der Waals surface area (Å²) in [5, 5.41) is 11.0. The van der Waals surface area contributed by atoms with E-state index in [0.29, 0.717) is 17.3 Å². The Bertz CT molecular complexity index is 617. The predicted molar refractivity (Wildman–Crippen MR) is 116 cm³/mol. The second-order valence-electron chi connectivity index (χ2n) is 11.7. The molecule has 0 aromatic carbocycles. The van der Waals surface area contributed by atoms with Crippen LogP contribution in [0.4, 0.5) is 0 Å². The number of rotatable bonds is 5. The first-order valence-corrected chi connectivity index (χ1v) is 12.5. The van der Waals surface area contributed by atoms with Crippen molar-refractivity contribution in [2.75, 3.05) is 7.11 Å². The van der Waals surface area contributed by atoms with Gasteiger partial charge in [-0.05, 0) is 117 Å². The van der Waals surface area contributed by atoms with E-state index in [-0.39, 0.29) is 5.97 Å². The van der Waals surface area contributed by atoms with Crippen LogP contribution in [0.3, 0.4) is 0 Å². The lowest BCUT2D eigenvalue weighted by Gasteiger charge is -2.62. The number of methoxy groups -OCH3 is 1. The number of carbonyl (C=O) groups excluding carboxylic acids is 1. The Morgan fingerprint density at radius 1 is 1.00 bits per heavy atom. The summed E-state index contributed by atoms with van der Waals surface area (Å²) in [7, 11) is 1.50. The van der Waals surface area contributed by atoms with Crippen molar-refractivity contribution in [2.45, 2.75) is 110 Å². The maximum Gasteiger partial charge on any atom is 0.305 e. The zero-order valence-electron chi connectivity index (χ0n) is 19.3. The van der Waals surface area contributed by atoms with Gasteiger partial charge in [-0.3, -0.25) is 4.79 Å². The van der Waals surface area contributed by atoms with Crippen molar-refractivity contribution < 1.29 is 14.6 Å². The molecule has 0 bridgehead atoms. The number of hydrogen-bond acceptors (Lipinski definition) is 3. The zero-order valence-corrected chi connectivity index (χ0v) is 19.3. The molecule has 0 radical (unpaired) electrons. The first-order chi connectivity index (χ1) is 13.8. The topological polar surface area (TPSA) is 46.5 Å². The molecule has 166 valence electrons. The Balaban J connectivity index is 1.45. The average molecular weight is 405 g/mol. The molecule has 0 saturated heterocycles. The van der Waals surface area contributed by atoms with Gasteiger partial charge in [0.15, 0.2) is 0 Å². The van der Waals surface area contributed by atoms with Crippen molar-refractivity contribution in [1.29, 1.82) is 0 Å². The molecule has 1 N–H and O–H groups in total. The molecule has 8 atom stereocenters. The Morgan fingerprint density at radius 2 is 1.76 bits per heavy atom. The molecule has 4 aliphatic carbocycles. The fourth-order valence-electron chi connectivity index (χ4n) is 8.82. The maximum atomic E-state index is 11.5. The molecule has 4 rings (SSSR count). The smallest absolute Gasteiger partial charge is 0.305 e. The number of ether oxygens (including phenoxy) is 1. The van der Waals surface area contributed by atoms with Gasteiger partial charge in [0, 0.05) is 6.42 Å². The van der Waals surface area contributed by atoms with Gasteiger partial charge < -0.3 is 9.84 Å². The highest BCUT2D eigenvalue weighted by Crippen LogP contribution is 2.68. The summed E-state index contributed by atoms with van der Waals surface area (Å²) in [5.41, 5.74) is 0.548. The van der Waals surface area contributed by atoms with Crippen LogP contribution in [0.25, 0.3) is 0 Å². The Labute approximate surface area is 178 Å². The van der Waals surface area contributed by atoms with E-state index < -0.39 is 5.60 Å². The van der Waals surface area contributed by atoms with Gasteiger partial charge in [-0.2, -0.15) is 0 Å². The standard InChI is InChI=1S/C26H44O3/c1-5-26(28)16-15-25(3)19(17-26)9-11-20-21-12-10-18(7-6-8-23(27)29-4)24(21,2)14-13-22(20)25/h18-22,28H,5-17H2,1-4H3/t18-,19?,20?,21?,22?,24?,25?,26-/m0/s1. The van der Waals surface area contributed by atoms with Gasteiger partial charge in [0.2, 0.25) is 0 Å². The van der Waals surface area contributed by atoms with Crippen LogP contribution >= 0.6 is 0 Å². The van der Waals surface area contributed by atoms with Crippen LogP contribution in [-0.4, -0.2) is 23.8 Å². The van der Waals surface area contributed by atoms with Crippen LogP contribution in [0, 0.1) is 40.4 Å². The summed E-state index contributed by atoms with van der Waals surface area (Å²) in [6, 6.07) is 0. The van der Waals surface area contributed by atoms with E-state index in [9.17, 15) is 9.90 Å². The second kappa shape index (κ2) is 7.84. The van der Waals surface area contributed by atoms with Gasteiger partial charge in [0.25, 0.3) is 0 Å². The van der Waals surface area contributed by atoms with E-state index in [1.807, 2.05) is 0 Å². The SMILES string of the molecule is CC[C@]1(O)CCC2(C)C(CCC3C2CCC2(C)C3CC[C@@H]2CCCC(=O)OC)C1. The van der Waals surface area contributed by atoms with Crippen molar-refractivity contribution in [1.82, 2.24) is 0 Å². The Hall–Kier alpha value is -0.570. The minimum Gasteiger partial charge on any atom is -0.469 e. The van der Waals surface area contributed by atoms with E-state index >= 15 is 0 Å². The maximum absolute atomic E-state index is 11.5. The lowest BCUT2D eigenvalue weighted by molar-refractivity contribution is -0.151. The number of esters is 1. The number of aliphatic hydroxyl groups is 1. The summed E-state index contributed by atoms with van der Waals surface area (Å²) in [6.07, 6.45) is 15.2. The van der Waals surface area contributed by atoms with Crippen LogP contribution in [-0.2, 0) is 9.53 Å². The summed E-state index contributed by atoms with van der Waals surface area (Å²) >= 11 is 0. The summed E-state index contributed by atoms with van der Waals surface area (Å²) in [6.45, 7) is 7.35. The Kier molecular flexibility index (Phi) is 5.86. The molecule has 0 aromatic rings. The third-order valence-corrected chi connectivity index (χ3v) is 10.8. The molecule has 0 spiro atoms. The number of hydrogen-bond donors (Lipinski definition) is 1. The average Bonchev–Trinajstić information content (AvgIpc) is 3.05. The predicted octanol–water partition coefficient (Wildman–Crippen LogP) is 6.13. The monoisotopic (exact) mass is 404 g/mol. The largest absolute Gasteiger partial charge is 0.469 e. The van der Waals surface area contributed by atoms with E-state index in [1.165, 1.54) is 58.5 Å². The van der Waals surface area contributed by atoms with Gasteiger partial charge in [-0.1, -0.05) is 20.8 Å². The van der Waals surface area contributed by atoms with Crippen molar-refractivity contribution in [3.8, 4) is 0 Å². The first-order valence-electron chi connectivity index (χ1n) is 12.5. The van der Waals surface area contributed by atoms with Crippen molar-refractivity contribution in [2.24, 2.45) is 40.4 Å². The number of carbonyl (C=O) groups is 1. The first kappa shape index (κ1) is 21.7. The van der Waals surface area contributed by atoms with Gasteiger partial charge >= 0.3 is 5.97 Å². The molecule has 3 heteroatoms. The third kappa shape index (κ3) is 3.58. The van der Waals surface area contributed by atoms with Gasteiger partial charge in [0.05, 0.1) is 12.7 Å². The van der Waals surface area contributed by atoms with E-state index in [0.717, 1.165) is 55.3 Å². The van der Waals surface area contributed by atoms with Gasteiger partial charge in [-0.25, -0.2) is 0 Å². The Morgan fingerprint density at radius 3 is 2.48 bits per heavy atom. The van der Waals surface area contributed by atoms with Gasteiger partial charge in [0.1, 0.15) is 0 Å². The van der Waals surface area contributed by atoms with Crippen LogP contribution < -0.4 is 0 Å². The highest BCUT2D eigenvalue weighted by Gasteiger charge is 2.60. The molecule has 0 aromatic heterocycles. The molecule has 4 aliphatic rings. The molecule has 0 amide bonds. The summed E-state index contributed by atoms with van der Waals surface area (Å²) < 4.78 is 4.84. The normalized spacial score (nSPS) is 49.1. The molecule has 3 nitrogen and oxygen atoms in total. The summed E-state index contributed by atoms with van der Waals surface area (Å²) in [4.78, 5) is 11.5. The summed E-state index contributed by atoms with van der Waals surface area (Å²) in [5.74, 6) is 4.12. The highest BCUT2D eigenvalue weighted by atomic mass is 16.5. The van der Waals surface area contributed by atoms with Gasteiger partial charge in [-0.15, -0.1) is 0 Å². The molecular formula is C26H44O3. The number of fused-ring (bicyclic) bond motifs is 5. The molecule has 4 fully saturated rings. The second-order valence-corrected chi connectivity index (χ2v) is 11.7. The van der Waals surface area contributed by atoms with Crippen LogP contribution in [0.1, 0.15) is 104 Å². The molecular weight excluding hydrogens is 360 g/mol. The molecule has 4 saturated carbocycles. The fourth-order valence-corrected chi connectivity index (χ4v) is 8.82.